The van der Waals surface area contributed by atoms with Crippen LogP contribution in [-0.2, 0) is 6.54 Å². The molecule has 0 aliphatic carbocycles. The lowest BCUT2D eigenvalue weighted by molar-refractivity contribution is 0.0949. The number of hydrogen-bond donors (Lipinski definition) is 2. The van der Waals surface area contributed by atoms with Crippen molar-refractivity contribution in [3.05, 3.63) is 95.3 Å². The third-order valence-electron chi connectivity index (χ3n) is 3.98. The first-order valence-electron chi connectivity index (χ1n) is 8.27. The van der Waals surface area contributed by atoms with Crippen LogP contribution in [0.3, 0.4) is 0 Å². The van der Waals surface area contributed by atoms with Gasteiger partial charge in [0.2, 0.25) is 0 Å². The summed E-state index contributed by atoms with van der Waals surface area (Å²) in [6.45, 7) is 2.31. The minimum Gasteiger partial charge on any atom is -0.348 e. The van der Waals surface area contributed by atoms with E-state index in [4.69, 9.17) is 0 Å². The fraction of sp³-hybridized carbons (Fsp3) is 0.0952. The predicted octanol–water partition coefficient (Wildman–Crippen LogP) is 3.57. The van der Waals surface area contributed by atoms with Gasteiger partial charge >= 0.3 is 0 Å². The third kappa shape index (κ3) is 4.33. The first-order valence-corrected chi connectivity index (χ1v) is 8.27. The highest BCUT2D eigenvalue weighted by Crippen LogP contribution is 2.13. The van der Waals surface area contributed by atoms with Crippen molar-refractivity contribution in [1.29, 1.82) is 0 Å². The molecule has 0 atom stereocenters. The van der Waals surface area contributed by atoms with Crippen molar-refractivity contribution in [2.75, 3.05) is 5.32 Å². The number of carbonyl (C=O) groups excluding carboxylic acids is 2. The topological polar surface area (TPSA) is 71.1 Å². The first-order chi connectivity index (χ1) is 12.6. The van der Waals surface area contributed by atoms with Gasteiger partial charge in [-0.15, -0.1) is 0 Å². The summed E-state index contributed by atoms with van der Waals surface area (Å²) in [6, 6.07) is 18.3. The average Bonchev–Trinajstić information content (AvgIpc) is 2.68. The lowest BCUT2D eigenvalue weighted by Crippen LogP contribution is -2.22. The number of benzene rings is 2. The van der Waals surface area contributed by atoms with E-state index in [-0.39, 0.29) is 11.8 Å². The molecule has 0 unspecified atom stereocenters. The van der Waals surface area contributed by atoms with Crippen LogP contribution in [0.4, 0.5) is 5.69 Å². The Labute approximate surface area is 152 Å². The molecule has 1 heterocycles. The monoisotopic (exact) mass is 345 g/mol. The van der Waals surface area contributed by atoms with Gasteiger partial charge in [-0.05, 0) is 48.4 Å². The number of aromatic nitrogens is 1. The molecule has 2 amide bonds. The Morgan fingerprint density at radius 3 is 2.38 bits per heavy atom. The van der Waals surface area contributed by atoms with E-state index in [1.165, 1.54) is 6.20 Å². The molecule has 0 saturated heterocycles. The Hall–Kier alpha value is -3.47. The highest BCUT2D eigenvalue weighted by Gasteiger charge is 2.09. The Balaban J connectivity index is 1.58. The van der Waals surface area contributed by atoms with Crippen LogP contribution in [0.2, 0.25) is 0 Å². The predicted molar refractivity (Wildman–Crippen MR) is 101 cm³/mol. The van der Waals surface area contributed by atoms with E-state index >= 15 is 0 Å². The lowest BCUT2D eigenvalue weighted by Gasteiger charge is -2.09. The molecule has 26 heavy (non-hydrogen) atoms. The van der Waals surface area contributed by atoms with Gasteiger partial charge in [0.25, 0.3) is 11.8 Å². The van der Waals surface area contributed by atoms with Gasteiger partial charge in [0.05, 0.1) is 5.56 Å². The average molecular weight is 345 g/mol. The summed E-state index contributed by atoms with van der Waals surface area (Å²) in [4.78, 5) is 28.3. The fourth-order valence-corrected chi connectivity index (χ4v) is 2.51. The molecule has 0 saturated carbocycles. The summed E-state index contributed by atoms with van der Waals surface area (Å²) < 4.78 is 0. The van der Waals surface area contributed by atoms with Crippen LogP contribution in [0.5, 0.6) is 0 Å². The van der Waals surface area contributed by atoms with Gasteiger partial charge in [-0.1, -0.05) is 30.3 Å². The second-order valence-corrected chi connectivity index (χ2v) is 5.89. The number of amides is 2. The van der Waals surface area contributed by atoms with E-state index < -0.39 is 0 Å². The van der Waals surface area contributed by atoms with Gasteiger partial charge in [0.15, 0.2) is 0 Å². The van der Waals surface area contributed by atoms with E-state index in [9.17, 15) is 9.59 Å². The number of pyridine rings is 1. The SMILES string of the molecule is Cc1ccccc1C(=O)Nc1ccc(CNC(=O)c2cccnc2)cc1. The third-order valence-corrected chi connectivity index (χ3v) is 3.98. The van der Waals surface area contributed by atoms with Crippen LogP contribution in [0.25, 0.3) is 0 Å². The smallest absolute Gasteiger partial charge is 0.255 e. The molecule has 1 aromatic heterocycles. The standard InChI is InChI=1S/C21H19N3O2/c1-15-5-2-3-7-19(15)21(26)24-18-10-8-16(9-11-18)13-23-20(25)17-6-4-12-22-14-17/h2-12,14H,13H2,1H3,(H,23,25)(H,24,26). The van der Waals surface area contributed by atoms with Crippen LogP contribution in [0, 0.1) is 6.92 Å². The number of anilines is 1. The van der Waals surface area contributed by atoms with E-state index in [0.29, 0.717) is 23.4 Å². The highest BCUT2D eigenvalue weighted by molar-refractivity contribution is 6.05. The molecule has 2 aromatic carbocycles. The Morgan fingerprint density at radius 1 is 0.923 bits per heavy atom. The number of nitrogens with one attached hydrogen (secondary N) is 2. The van der Waals surface area contributed by atoms with Gasteiger partial charge in [0.1, 0.15) is 0 Å². The van der Waals surface area contributed by atoms with E-state index in [1.807, 2.05) is 49.4 Å². The Morgan fingerprint density at radius 2 is 1.69 bits per heavy atom. The number of nitrogens with zero attached hydrogens (tertiary/aromatic N) is 1. The normalized spacial score (nSPS) is 10.2. The van der Waals surface area contributed by atoms with Crippen molar-refractivity contribution in [2.45, 2.75) is 13.5 Å². The van der Waals surface area contributed by atoms with Crippen LogP contribution >= 0.6 is 0 Å². The van der Waals surface area contributed by atoms with E-state index in [0.717, 1.165) is 11.1 Å². The van der Waals surface area contributed by atoms with Crippen molar-refractivity contribution in [3.63, 3.8) is 0 Å². The number of aryl methyl sites for hydroxylation is 1. The largest absolute Gasteiger partial charge is 0.348 e. The second kappa shape index (κ2) is 8.07. The molecule has 0 aliphatic heterocycles. The molecule has 0 radical (unpaired) electrons. The summed E-state index contributed by atoms with van der Waals surface area (Å²) >= 11 is 0. The zero-order valence-electron chi connectivity index (χ0n) is 14.4. The molecule has 3 aromatic rings. The molecular formula is C21H19N3O2. The van der Waals surface area contributed by atoms with Gasteiger partial charge in [-0.25, -0.2) is 0 Å². The summed E-state index contributed by atoms with van der Waals surface area (Å²) in [5, 5.41) is 5.72. The van der Waals surface area contributed by atoms with Crippen LogP contribution < -0.4 is 10.6 Å². The molecule has 5 nitrogen and oxygen atoms in total. The Bertz CT molecular complexity index is 906. The van der Waals surface area contributed by atoms with Gasteiger partial charge < -0.3 is 10.6 Å². The molecule has 3 rings (SSSR count). The highest BCUT2D eigenvalue weighted by atomic mass is 16.2. The van der Waals surface area contributed by atoms with Gasteiger partial charge in [-0.3, -0.25) is 14.6 Å². The molecule has 5 heteroatoms. The maximum Gasteiger partial charge on any atom is 0.255 e. The summed E-state index contributed by atoms with van der Waals surface area (Å²) in [6.07, 6.45) is 3.15. The molecule has 0 aliphatic rings. The maximum atomic E-state index is 12.3. The molecule has 2 N–H and O–H groups in total. The molecule has 0 bridgehead atoms. The summed E-state index contributed by atoms with van der Waals surface area (Å²) in [5.74, 6) is -0.309. The summed E-state index contributed by atoms with van der Waals surface area (Å²) in [7, 11) is 0. The molecule has 0 spiro atoms. The summed E-state index contributed by atoms with van der Waals surface area (Å²) in [5.41, 5.74) is 3.76. The molecule has 130 valence electrons. The number of carbonyl (C=O) groups is 2. The maximum absolute atomic E-state index is 12.3. The van der Waals surface area contributed by atoms with Crippen LogP contribution in [-0.4, -0.2) is 16.8 Å². The van der Waals surface area contributed by atoms with Gasteiger partial charge in [-0.2, -0.15) is 0 Å². The lowest BCUT2D eigenvalue weighted by atomic mass is 10.1. The van der Waals surface area contributed by atoms with Crippen molar-refractivity contribution in [2.24, 2.45) is 0 Å². The fourth-order valence-electron chi connectivity index (χ4n) is 2.51. The van der Waals surface area contributed by atoms with E-state index in [1.54, 1.807) is 24.4 Å². The zero-order valence-corrected chi connectivity index (χ0v) is 14.4. The second-order valence-electron chi connectivity index (χ2n) is 5.89. The van der Waals surface area contributed by atoms with Crippen molar-refractivity contribution in [3.8, 4) is 0 Å². The van der Waals surface area contributed by atoms with Crippen molar-refractivity contribution >= 4 is 17.5 Å². The number of hydrogen-bond acceptors (Lipinski definition) is 3. The number of rotatable bonds is 5. The van der Waals surface area contributed by atoms with Crippen LogP contribution in [0.15, 0.2) is 73.1 Å². The van der Waals surface area contributed by atoms with E-state index in [2.05, 4.69) is 15.6 Å². The van der Waals surface area contributed by atoms with Crippen LogP contribution in [0.1, 0.15) is 31.8 Å². The van der Waals surface area contributed by atoms with Gasteiger partial charge in [0, 0.05) is 30.2 Å². The minimum atomic E-state index is -0.171. The Kier molecular flexibility index (Phi) is 5.39. The molecular weight excluding hydrogens is 326 g/mol. The van der Waals surface area contributed by atoms with Crippen molar-refractivity contribution < 1.29 is 9.59 Å². The quantitative estimate of drug-likeness (QED) is 0.742. The molecule has 0 fully saturated rings. The zero-order chi connectivity index (χ0) is 18.4. The first kappa shape index (κ1) is 17.4. The minimum absolute atomic E-state index is 0.138. The van der Waals surface area contributed by atoms with Crippen molar-refractivity contribution in [1.82, 2.24) is 10.3 Å².